The number of nitrogens with one attached hydrogen (secondary N) is 1. The van der Waals surface area contributed by atoms with Gasteiger partial charge in [0.05, 0.1) is 24.7 Å². The standard InChI is InChI=1S/C16H20N2O4S/c1-12-14(15(19)11-17-12)10-13-4-2-3-5-16(13)23(20,21)18-6-8-22-9-7-18/h2-5,17H,6-11H2,1H3. The molecule has 0 unspecified atom stereocenters. The van der Waals surface area contributed by atoms with Crippen molar-refractivity contribution in [2.45, 2.75) is 18.2 Å². The monoisotopic (exact) mass is 336 g/mol. The lowest BCUT2D eigenvalue weighted by atomic mass is 10.0. The van der Waals surface area contributed by atoms with E-state index >= 15 is 0 Å². The van der Waals surface area contributed by atoms with Crippen molar-refractivity contribution in [2.75, 3.05) is 32.8 Å². The molecule has 0 atom stereocenters. The number of ether oxygens (including phenoxy) is 1. The molecule has 2 aliphatic heterocycles. The Morgan fingerprint density at radius 2 is 1.91 bits per heavy atom. The second kappa shape index (κ2) is 6.43. The fourth-order valence-electron chi connectivity index (χ4n) is 2.88. The van der Waals surface area contributed by atoms with E-state index in [1.807, 2.05) is 6.92 Å². The van der Waals surface area contributed by atoms with Gasteiger partial charge in [-0.05, 0) is 18.6 Å². The number of allylic oxidation sites excluding steroid dienone is 1. The number of Topliss-reactive ketones (excluding diaryl/α,β-unsaturated/α-hetero) is 1. The van der Waals surface area contributed by atoms with Gasteiger partial charge in [0.15, 0.2) is 5.78 Å². The van der Waals surface area contributed by atoms with E-state index in [0.717, 1.165) is 5.70 Å². The van der Waals surface area contributed by atoms with Gasteiger partial charge in [0.25, 0.3) is 0 Å². The third-order valence-corrected chi connectivity index (χ3v) is 6.23. The molecule has 3 rings (SSSR count). The molecule has 1 aromatic carbocycles. The van der Waals surface area contributed by atoms with Crippen LogP contribution in [-0.4, -0.2) is 51.4 Å². The van der Waals surface area contributed by atoms with Crippen LogP contribution in [0, 0.1) is 0 Å². The number of carbonyl (C=O) groups is 1. The zero-order valence-electron chi connectivity index (χ0n) is 13.0. The molecule has 23 heavy (non-hydrogen) atoms. The largest absolute Gasteiger partial charge is 0.381 e. The lowest BCUT2D eigenvalue weighted by molar-refractivity contribution is -0.114. The molecule has 0 saturated carbocycles. The van der Waals surface area contributed by atoms with Gasteiger partial charge in [-0.15, -0.1) is 0 Å². The first kappa shape index (κ1) is 16.2. The predicted molar refractivity (Wildman–Crippen MR) is 85.4 cm³/mol. The zero-order chi connectivity index (χ0) is 16.4. The van der Waals surface area contributed by atoms with E-state index in [-0.39, 0.29) is 10.7 Å². The molecule has 2 heterocycles. The van der Waals surface area contributed by atoms with Crippen LogP contribution in [0.25, 0.3) is 0 Å². The molecular weight excluding hydrogens is 316 g/mol. The van der Waals surface area contributed by atoms with Crippen LogP contribution in [0.15, 0.2) is 40.4 Å². The first-order valence-corrected chi connectivity index (χ1v) is 9.07. The minimum absolute atomic E-state index is 0.0288. The van der Waals surface area contributed by atoms with E-state index in [2.05, 4.69) is 5.32 Å². The Morgan fingerprint density at radius 1 is 1.22 bits per heavy atom. The average molecular weight is 336 g/mol. The van der Waals surface area contributed by atoms with Crippen LogP contribution < -0.4 is 5.32 Å². The van der Waals surface area contributed by atoms with Crippen LogP contribution in [0.2, 0.25) is 0 Å². The lowest BCUT2D eigenvalue weighted by Gasteiger charge is -2.27. The Kier molecular flexibility index (Phi) is 4.52. The van der Waals surface area contributed by atoms with Crippen molar-refractivity contribution < 1.29 is 17.9 Å². The SMILES string of the molecule is CC1=C(Cc2ccccc2S(=O)(=O)N2CCOCC2)C(=O)CN1. The minimum Gasteiger partial charge on any atom is -0.381 e. The summed E-state index contributed by atoms with van der Waals surface area (Å²) in [6.07, 6.45) is 0.331. The van der Waals surface area contributed by atoms with E-state index in [9.17, 15) is 13.2 Å². The summed E-state index contributed by atoms with van der Waals surface area (Å²) >= 11 is 0. The summed E-state index contributed by atoms with van der Waals surface area (Å²) in [6.45, 7) is 3.68. The number of hydrogen-bond donors (Lipinski definition) is 1. The topological polar surface area (TPSA) is 75.7 Å². The second-order valence-electron chi connectivity index (χ2n) is 5.68. The maximum Gasteiger partial charge on any atom is 0.243 e. The Hall–Kier alpha value is -1.70. The Balaban J connectivity index is 1.95. The first-order chi connectivity index (χ1) is 11.0. The van der Waals surface area contributed by atoms with E-state index in [1.54, 1.807) is 24.3 Å². The number of sulfonamides is 1. The first-order valence-electron chi connectivity index (χ1n) is 7.63. The van der Waals surface area contributed by atoms with Crippen LogP contribution in [0.1, 0.15) is 12.5 Å². The maximum atomic E-state index is 12.9. The van der Waals surface area contributed by atoms with Crippen LogP contribution in [0.4, 0.5) is 0 Å². The molecule has 6 nitrogen and oxygen atoms in total. The van der Waals surface area contributed by atoms with Crippen molar-refractivity contribution in [3.8, 4) is 0 Å². The van der Waals surface area contributed by atoms with Crippen molar-refractivity contribution in [3.63, 3.8) is 0 Å². The van der Waals surface area contributed by atoms with Gasteiger partial charge in [-0.3, -0.25) is 4.79 Å². The summed E-state index contributed by atoms with van der Waals surface area (Å²) in [7, 11) is -3.57. The van der Waals surface area contributed by atoms with E-state index < -0.39 is 10.0 Å². The van der Waals surface area contributed by atoms with Gasteiger partial charge in [0, 0.05) is 30.8 Å². The van der Waals surface area contributed by atoms with E-state index in [1.165, 1.54) is 4.31 Å². The predicted octanol–water partition coefficient (Wildman–Crippen LogP) is 0.696. The molecule has 1 aromatic rings. The molecule has 7 heteroatoms. The van der Waals surface area contributed by atoms with E-state index in [0.29, 0.717) is 50.4 Å². The molecule has 1 fully saturated rings. The minimum atomic E-state index is -3.57. The van der Waals surface area contributed by atoms with Crippen LogP contribution >= 0.6 is 0 Å². The van der Waals surface area contributed by atoms with Crippen molar-refractivity contribution >= 4 is 15.8 Å². The van der Waals surface area contributed by atoms with Gasteiger partial charge in [0.2, 0.25) is 10.0 Å². The fraction of sp³-hybridized carbons (Fsp3) is 0.438. The molecule has 2 aliphatic rings. The summed E-state index contributed by atoms with van der Waals surface area (Å²) in [5.41, 5.74) is 2.15. The Bertz CT molecular complexity index is 749. The van der Waals surface area contributed by atoms with E-state index in [4.69, 9.17) is 4.74 Å². The van der Waals surface area contributed by atoms with Gasteiger partial charge >= 0.3 is 0 Å². The molecule has 0 radical (unpaired) electrons. The fourth-order valence-corrected chi connectivity index (χ4v) is 4.51. The number of morpholine rings is 1. The summed E-state index contributed by atoms with van der Waals surface area (Å²) in [4.78, 5) is 12.2. The van der Waals surface area contributed by atoms with Crippen LogP contribution in [0.3, 0.4) is 0 Å². The van der Waals surface area contributed by atoms with Gasteiger partial charge in [-0.25, -0.2) is 8.42 Å². The number of rotatable bonds is 4. The highest BCUT2D eigenvalue weighted by molar-refractivity contribution is 7.89. The molecule has 1 N–H and O–H groups in total. The summed E-state index contributed by atoms with van der Waals surface area (Å²) in [6, 6.07) is 6.91. The number of nitrogens with zero attached hydrogens (tertiary/aromatic N) is 1. The quantitative estimate of drug-likeness (QED) is 0.876. The zero-order valence-corrected chi connectivity index (χ0v) is 13.9. The molecular formula is C16H20N2O4S. The third-order valence-electron chi connectivity index (χ3n) is 4.23. The lowest BCUT2D eigenvalue weighted by Crippen LogP contribution is -2.40. The van der Waals surface area contributed by atoms with Crippen LogP contribution in [0.5, 0.6) is 0 Å². The van der Waals surface area contributed by atoms with Crippen molar-refractivity contribution in [1.82, 2.24) is 9.62 Å². The van der Waals surface area contributed by atoms with Gasteiger partial charge in [-0.2, -0.15) is 4.31 Å². The smallest absolute Gasteiger partial charge is 0.243 e. The van der Waals surface area contributed by atoms with Gasteiger partial charge < -0.3 is 10.1 Å². The second-order valence-corrected chi connectivity index (χ2v) is 7.59. The van der Waals surface area contributed by atoms with Crippen molar-refractivity contribution in [1.29, 1.82) is 0 Å². The molecule has 0 amide bonds. The summed E-state index contributed by atoms with van der Waals surface area (Å²) in [5, 5.41) is 3.01. The highest BCUT2D eigenvalue weighted by Gasteiger charge is 2.29. The normalized spacial score (nSPS) is 20.0. The number of hydrogen-bond acceptors (Lipinski definition) is 5. The number of benzene rings is 1. The Morgan fingerprint density at radius 3 is 2.57 bits per heavy atom. The van der Waals surface area contributed by atoms with Gasteiger partial charge in [0.1, 0.15) is 0 Å². The highest BCUT2D eigenvalue weighted by Crippen LogP contribution is 2.25. The Labute approximate surface area is 136 Å². The summed E-state index contributed by atoms with van der Waals surface area (Å²) < 4.78 is 32.5. The highest BCUT2D eigenvalue weighted by atomic mass is 32.2. The summed E-state index contributed by atoms with van der Waals surface area (Å²) in [5.74, 6) is 0.0288. The van der Waals surface area contributed by atoms with Crippen molar-refractivity contribution in [3.05, 3.63) is 41.1 Å². The number of carbonyl (C=O) groups excluding carboxylic acids is 1. The molecule has 0 aliphatic carbocycles. The molecule has 0 aromatic heterocycles. The molecule has 0 spiro atoms. The average Bonchev–Trinajstić information content (AvgIpc) is 2.88. The van der Waals surface area contributed by atoms with Crippen LogP contribution in [-0.2, 0) is 26.0 Å². The number of ketones is 1. The third kappa shape index (κ3) is 3.17. The molecule has 1 saturated heterocycles. The van der Waals surface area contributed by atoms with Crippen molar-refractivity contribution in [2.24, 2.45) is 0 Å². The molecule has 124 valence electrons. The molecule has 0 bridgehead atoms. The van der Waals surface area contributed by atoms with Gasteiger partial charge in [-0.1, -0.05) is 18.2 Å². The maximum absolute atomic E-state index is 12.9.